The minimum Gasteiger partial charge on any atom is -0.342 e. The molecule has 0 spiro atoms. The Balaban J connectivity index is 2.09. The third kappa shape index (κ3) is 4.53. The van der Waals surface area contributed by atoms with E-state index < -0.39 is 24.5 Å². The number of aromatic amines is 1. The fraction of sp³-hybridized carbons (Fsp3) is 0.231. The summed E-state index contributed by atoms with van der Waals surface area (Å²) in [5.41, 5.74) is 0.397. The first-order valence-corrected chi connectivity index (χ1v) is 6.39. The Morgan fingerprint density at radius 1 is 1.26 bits per heavy atom. The van der Waals surface area contributed by atoms with Crippen molar-refractivity contribution in [2.75, 3.05) is 11.9 Å². The molecule has 0 saturated heterocycles. The van der Waals surface area contributed by atoms with Gasteiger partial charge in [0, 0.05) is 5.69 Å². The summed E-state index contributed by atoms with van der Waals surface area (Å²) in [6.45, 7) is 0.211. The van der Waals surface area contributed by atoms with Crippen molar-refractivity contribution in [3.05, 3.63) is 41.5 Å². The SMILES string of the molecule is Cc1cccc(C(=O)Nc2cn[nH]c2C(=O)NCC(F)(F)F)n1. The zero-order valence-electron chi connectivity index (χ0n) is 11.9. The zero-order chi connectivity index (χ0) is 17.0. The molecule has 0 bridgehead atoms. The van der Waals surface area contributed by atoms with Crippen molar-refractivity contribution < 1.29 is 22.8 Å². The van der Waals surface area contributed by atoms with Gasteiger partial charge in [-0.3, -0.25) is 14.7 Å². The van der Waals surface area contributed by atoms with Crippen LogP contribution in [0, 0.1) is 6.92 Å². The number of aryl methyl sites for hydroxylation is 1. The highest BCUT2D eigenvalue weighted by atomic mass is 19.4. The molecule has 0 radical (unpaired) electrons. The molecule has 10 heteroatoms. The highest BCUT2D eigenvalue weighted by Crippen LogP contribution is 2.15. The molecule has 2 aromatic heterocycles. The maximum absolute atomic E-state index is 12.1. The van der Waals surface area contributed by atoms with Crippen molar-refractivity contribution in [3.8, 4) is 0 Å². The predicted molar refractivity (Wildman–Crippen MR) is 73.9 cm³/mol. The van der Waals surface area contributed by atoms with Crippen LogP contribution in [-0.2, 0) is 0 Å². The lowest BCUT2D eigenvalue weighted by Gasteiger charge is -2.09. The summed E-state index contributed by atoms with van der Waals surface area (Å²) in [4.78, 5) is 27.7. The highest BCUT2D eigenvalue weighted by Gasteiger charge is 2.29. The van der Waals surface area contributed by atoms with Gasteiger partial charge in [-0.15, -0.1) is 0 Å². The van der Waals surface area contributed by atoms with Gasteiger partial charge in [-0.05, 0) is 19.1 Å². The van der Waals surface area contributed by atoms with Crippen molar-refractivity contribution in [2.45, 2.75) is 13.1 Å². The number of carbonyl (C=O) groups excluding carboxylic acids is 2. The molecule has 0 atom stereocenters. The molecular formula is C13H12F3N5O2. The van der Waals surface area contributed by atoms with Crippen molar-refractivity contribution in [3.63, 3.8) is 0 Å². The molecule has 2 aromatic rings. The average molecular weight is 327 g/mol. The number of anilines is 1. The third-order valence-corrected chi connectivity index (χ3v) is 2.68. The van der Waals surface area contributed by atoms with Gasteiger partial charge < -0.3 is 10.6 Å². The van der Waals surface area contributed by atoms with Gasteiger partial charge in [0.2, 0.25) is 0 Å². The topological polar surface area (TPSA) is 99.8 Å². The molecule has 0 aromatic carbocycles. The van der Waals surface area contributed by atoms with Gasteiger partial charge >= 0.3 is 6.18 Å². The van der Waals surface area contributed by atoms with Crippen LogP contribution >= 0.6 is 0 Å². The summed E-state index contributed by atoms with van der Waals surface area (Å²) in [6.07, 6.45) is -3.42. The van der Waals surface area contributed by atoms with Gasteiger partial charge in [0.05, 0.1) is 11.9 Å². The predicted octanol–water partition coefficient (Wildman–Crippen LogP) is 1.66. The lowest BCUT2D eigenvalue weighted by Crippen LogP contribution is -2.34. The Kier molecular flexibility index (Phi) is 4.63. The number of rotatable bonds is 4. The van der Waals surface area contributed by atoms with Crippen LogP contribution in [-0.4, -0.2) is 39.7 Å². The Morgan fingerprint density at radius 3 is 2.65 bits per heavy atom. The van der Waals surface area contributed by atoms with Gasteiger partial charge in [0.25, 0.3) is 11.8 Å². The first-order valence-electron chi connectivity index (χ1n) is 6.39. The number of hydrogen-bond acceptors (Lipinski definition) is 4. The molecule has 2 amide bonds. The van der Waals surface area contributed by atoms with Crippen LogP contribution in [0.4, 0.5) is 18.9 Å². The van der Waals surface area contributed by atoms with Crippen LogP contribution in [0.2, 0.25) is 0 Å². The number of nitrogens with one attached hydrogen (secondary N) is 3. The van der Waals surface area contributed by atoms with E-state index in [2.05, 4.69) is 20.5 Å². The number of H-pyrrole nitrogens is 1. The first kappa shape index (κ1) is 16.5. The van der Waals surface area contributed by atoms with Crippen LogP contribution < -0.4 is 10.6 Å². The molecule has 0 aliphatic heterocycles. The number of aromatic nitrogens is 3. The summed E-state index contributed by atoms with van der Waals surface area (Å²) in [7, 11) is 0. The Hall–Kier alpha value is -2.91. The molecule has 0 saturated carbocycles. The van der Waals surface area contributed by atoms with Gasteiger partial charge in [0.1, 0.15) is 17.9 Å². The smallest absolute Gasteiger partial charge is 0.342 e. The molecule has 3 N–H and O–H groups in total. The molecule has 23 heavy (non-hydrogen) atoms. The van der Waals surface area contributed by atoms with Crippen LogP contribution in [0.3, 0.4) is 0 Å². The summed E-state index contributed by atoms with van der Waals surface area (Å²) < 4.78 is 36.3. The standard InChI is InChI=1S/C13H12F3N5O2/c1-7-3-2-4-8(19-7)11(22)20-9-5-18-21-10(9)12(23)17-6-13(14,15)16/h2-5H,6H2,1H3,(H,17,23)(H,18,21)(H,20,22). The first-order chi connectivity index (χ1) is 10.8. The van der Waals surface area contributed by atoms with Crippen molar-refractivity contribution in [2.24, 2.45) is 0 Å². The Morgan fingerprint density at radius 2 is 2.00 bits per heavy atom. The summed E-state index contributed by atoms with van der Waals surface area (Å²) in [6, 6.07) is 4.79. The normalized spacial score (nSPS) is 11.1. The largest absolute Gasteiger partial charge is 0.405 e. The molecule has 2 heterocycles. The maximum Gasteiger partial charge on any atom is 0.405 e. The fourth-order valence-electron chi connectivity index (χ4n) is 1.68. The van der Waals surface area contributed by atoms with Gasteiger partial charge in [-0.25, -0.2) is 4.98 Å². The second kappa shape index (κ2) is 6.46. The van der Waals surface area contributed by atoms with E-state index in [1.165, 1.54) is 6.07 Å². The lowest BCUT2D eigenvalue weighted by molar-refractivity contribution is -0.123. The molecule has 0 fully saturated rings. The van der Waals surface area contributed by atoms with E-state index in [0.29, 0.717) is 5.69 Å². The van der Waals surface area contributed by atoms with E-state index in [1.807, 2.05) is 0 Å². The Bertz CT molecular complexity index is 726. The van der Waals surface area contributed by atoms with Crippen molar-refractivity contribution >= 4 is 17.5 Å². The zero-order valence-corrected chi connectivity index (χ0v) is 11.9. The number of nitrogens with zero attached hydrogens (tertiary/aromatic N) is 2. The van der Waals surface area contributed by atoms with E-state index in [9.17, 15) is 22.8 Å². The van der Waals surface area contributed by atoms with Crippen LogP contribution in [0.1, 0.15) is 26.7 Å². The van der Waals surface area contributed by atoms with E-state index >= 15 is 0 Å². The monoisotopic (exact) mass is 327 g/mol. The molecule has 2 rings (SSSR count). The van der Waals surface area contributed by atoms with Crippen molar-refractivity contribution in [1.29, 1.82) is 0 Å². The lowest BCUT2D eigenvalue weighted by atomic mass is 10.3. The van der Waals surface area contributed by atoms with E-state index in [4.69, 9.17) is 0 Å². The van der Waals surface area contributed by atoms with Gasteiger partial charge in [-0.2, -0.15) is 18.3 Å². The number of pyridine rings is 1. The third-order valence-electron chi connectivity index (χ3n) is 2.68. The second-order valence-electron chi connectivity index (χ2n) is 4.57. The quantitative estimate of drug-likeness (QED) is 0.795. The molecule has 0 aliphatic rings. The van der Waals surface area contributed by atoms with Gasteiger partial charge in [0.15, 0.2) is 0 Å². The van der Waals surface area contributed by atoms with E-state index in [1.54, 1.807) is 24.4 Å². The second-order valence-corrected chi connectivity index (χ2v) is 4.57. The summed E-state index contributed by atoms with van der Waals surface area (Å²) >= 11 is 0. The van der Waals surface area contributed by atoms with E-state index in [-0.39, 0.29) is 17.1 Å². The number of amides is 2. The summed E-state index contributed by atoms with van der Waals surface area (Å²) in [5.74, 6) is -1.65. The van der Waals surface area contributed by atoms with Gasteiger partial charge in [-0.1, -0.05) is 6.07 Å². The number of carbonyl (C=O) groups is 2. The average Bonchev–Trinajstić information content (AvgIpc) is 2.92. The number of hydrogen-bond donors (Lipinski definition) is 3. The van der Waals surface area contributed by atoms with Crippen LogP contribution in [0.5, 0.6) is 0 Å². The number of alkyl halides is 3. The fourth-order valence-corrected chi connectivity index (χ4v) is 1.68. The van der Waals surface area contributed by atoms with Crippen LogP contribution in [0.25, 0.3) is 0 Å². The minimum absolute atomic E-state index is 0.0435. The van der Waals surface area contributed by atoms with E-state index in [0.717, 1.165) is 6.20 Å². The Labute approximate surface area is 128 Å². The minimum atomic E-state index is -4.54. The molecule has 0 aliphatic carbocycles. The highest BCUT2D eigenvalue weighted by molar-refractivity contribution is 6.07. The molecule has 0 unspecified atom stereocenters. The van der Waals surface area contributed by atoms with Crippen molar-refractivity contribution in [1.82, 2.24) is 20.5 Å². The molecule has 122 valence electrons. The maximum atomic E-state index is 12.1. The summed E-state index contributed by atoms with van der Waals surface area (Å²) in [5, 5.41) is 9.86. The number of halogens is 3. The molecule has 7 nitrogen and oxygen atoms in total. The molecular weight excluding hydrogens is 315 g/mol. The van der Waals surface area contributed by atoms with Crippen LogP contribution in [0.15, 0.2) is 24.4 Å².